The summed E-state index contributed by atoms with van der Waals surface area (Å²) in [7, 11) is 0. The molecule has 1 rings (SSSR count). The molecule has 0 aliphatic carbocycles. The molecule has 0 aromatic heterocycles. The van der Waals surface area contributed by atoms with Crippen molar-refractivity contribution >= 4 is 0 Å². The molecule has 0 amide bonds. The van der Waals surface area contributed by atoms with Gasteiger partial charge in [-0.15, -0.1) is 0 Å². The van der Waals surface area contributed by atoms with Crippen LogP contribution < -0.4 is 0 Å². The van der Waals surface area contributed by atoms with Crippen LogP contribution in [0.2, 0.25) is 0 Å². The van der Waals surface area contributed by atoms with E-state index in [9.17, 15) is 5.11 Å². The standard InChI is InChI=1S/C9H18O2/c1-2-4-8(10)7-9-5-3-6-11-9/h8-10H,2-7H2,1H3/t8-,9+/m1/s1. The van der Waals surface area contributed by atoms with Crippen LogP contribution >= 0.6 is 0 Å². The Bertz CT molecular complexity index is 97.7. The Balaban J connectivity index is 2.08. The lowest BCUT2D eigenvalue weighted by atomic mass is 10.1. The van der Waals surface area contributed by atoms with E-state index in [4.69, 9.17) is 4.74 Å². The SMILES string of the molecule is CCC[C@@H](O)C[C@@H]1CCCO1. The number of hydrogen-bond donors (Lipinski definition) is 1. The van der Waals surface area contributed by atoms with Crippen LogP contribution in [-0.2, 0) is 4.74 Å². The first-order valence-corrected chi connectivity index (χ1v) is 4.62. The zero-order valence-electron chi connectivity index (χ0n) is 7.25. The van der Waals surface area contributed by atoms with Crippen molar-refractivity contribution in [1.82, 2.24) is 0 Å². The van der Waals surface area contributed by atoms with Crippen LogP contribution in [0.25, 0.3) is 0 Å². The molecule has 1 aliphatic rings. The lowest BCUT2D eigenvalue weighted by Gasteiger charge is -2.13. The van der Waals surface area contributed by atoms with Gasteiger partial charge >= 0.3 is 0 Å². The number of hydrogen-bond acceptors (Lipinski definition) is 2. The maximum absolute atomic E-state index is 9.43. The van der Waals surface area contributed by atoms with E-state index in [1.807, 2.05) is 0 Å². The van der Waals surface area contributed by atoms with Crippen LogP contribution in [0, 0.1) is 0 Å². The first-order chi connectivity index (χ1) is 5.33. The highest BCUT2D eigenvalue weighted by Crippen LogP contribution is 2.18. The zero-order valence-corrected chi connectivity index (χ0v) is 7.25. The van der Waals surface area contributed by atoms with Gasteiger partial charge in [0.2, 0.25) is 0 Å². The Morgan fingerprint density at radius 2 is 2.45 bits per heavy atom. The molecule has 1 N–H and O–H groups in total. The molecule has 0 saturated carbocycles. The number of ether oxygens (including phenoxy) is 1. The topological polar surface area (TPSA) is 29.5 Å². The van der Waals surface area contributed by atoms with E-state index in [0.717, 1.165) is 32.3 Å². The highest BCUT2D eigenvalue weighted by atomic mass is 16.5. The maximum Gasteiger partial charge on any atom is 0.0600 e. The summed E-state index contributed by atoms with van der Waals surface area (Å²) in [6, 6.07) is 0. The predicted molar refractivity (Wildman–Crippen MR) is 44.5 cm³/mol. The fourth-order valence-corrected chi connectivity index (χ4v) is 1.58. The van der Waals surface area contributed by atoms with Crippen molar-refractivity contribution in [3.63, 3.8) is 0 Å². The van der Waals surface area contributed by atoms with Crippen molar-refractivity contribution in [2.24, 2.45) is 0 Å². The summed E-state index contributed by atoms with van der Waals surface area (Å²) in [5.41, 5.74) is 0. The first kappa shape index (κ1) is 9.01. The number of aliphatic hydroxyl groups excluding tert-OH is 1. The normalized spacial score (nSPS) is 27.3. The summed E-state index contributed by atoms with van der Waals surface area (Å²) >= 11 is 0. The van der Waals surface area contributed by atoms with Gasteiger partial charge in [0.15, 0.2) is 0 Å². The van der Waals surface area contributed by atoms with Gasteiger partial charge in [0.1, 0.15) is 0 Å². The van der Waals surface area contributed by atoms with Crippen LogP contribution in [0.15, 0.2) is 0 Å². The highest BCUT2D eigenvalue weighted by Gasteiger charge is 2.18. The predicted octanol–water partition coefficient (Wildman–Crippen LogP) is 1.72. The quantitative estimate of drug-likeness (QED) is 0.675. The Hall–Kier alpha value is -0.0800. The summed E-state index contributed by atoms with van der Waals surface area (Å²) in [6.45, 7) is 2.99. The molecule has 2 nitrogen and oxygen atoms in total. The maximum atomic E-state index is 9.43. The van der Waals surface area contributed by atoms with E-state index < -0.39 is 0 Å². The van der Waals surface area contributed by atoms with Crippen LogP contribution in [0.1, 0.15) is 39.0 Å². The summed E-state index contributed by atoms with van der Waals surface area (Å²) in [5.74, 6) is 0. The fraction of sp³-hybridized carbons (Fsp3) is 1.00. The third-order valence-corrected chi connectivity index (χ3v) is 2.18. The largest absolute Gasteiger partial charge is 0.393 e. The fourth-order valence-electron chi connectivity index (χ4n) is 1.58. The van der Waals surface area contributed by atoms with E-state index >= 15 is 0 Å². The molecule has 66 valence electrons. The molecular formula is C9H18O2. The summed E-state index contributed by atoms with van der Waals surface area (Å²) in [6.07, 6.45) is 5.34. The molecular weight excluding hydrogens is 140 g/mol. The Morgan fingerprint density at radius 3 is 3.00 bits per heavy atom. The van der Waals surface area contributed by atoms with Crippen molar-refractivity contribution in [1.29, 1.82) is 0 Å². The van der Waals surface area contributed by atoms with Crippen molar-refractivity contribution in [3.8, 4) is 0 Å². The molecule has 0 unspecified atom stereocenters. The highest BCUT2D eigenvalue weighted by molar-refractivity contribution is 4.69. The molecule has 2 heteroatoms. The molecule has 1 saturated heterocycles. The number of aliphatic hydroxyl groups is 1. The minimum atomic E-state index is -0.136. The smallest absolute Gasteiger partial charge is 0.0600 e. The molecule has 0 spiro atoms. The van der Waals surface area contributed by atoms with Gasteiger partial charge in [-0.1, -0.05) is 13.3 Å². The molecule has 1 fully saturated rings. The minimum absolute atomic E-state index is 0.136. The molecule has 2 atom stereocenters. The molecule has 0 bridgehead atoms. The van der Waals surface area contributed by atoms with Crippen molar-refractivity contribution < 1.29 is 9.84 Å². The van der Waals surface area contributed by atoms with Gasteiger partial charge in [-0.3, -0.25) is 0 Å². The van der Waals surface area contributed by atoms with Crippen molar-refractivity contribution in [2.45, 2.75) is 51.2 Å². The van der Waals surface area contributed by atoms with E-state index in [0.29, 0.717) is 6.10 Å². The summed E-state index contributed by atoms with van der Waals surface area (Å²) < 4.78 is 5.41. The second-order valence-electron chi connectivity index (χ2n) is 3.31. The van der Waals surface area contributed by atoms with Gasteiger partial charge in [-0.05, 0) is 25.7 Å². The van der Waals surface area contributed by atoms with Crippen molar-refractivity contribution in [2.75, 3.05) is 6.61 Å². The molecule has 1 aliphatic heterocycles. The average Bonchev–Trinajstić information content (AvgIpc) is 2.40. The molecule has 0 radical (unpaired) electrons. The number of rotatable bonds is 4. The third kappa shape index (κ3) is 3.21. The van der Waals surface area contributed by atoms with Crippen LogP contribution in [-0.4, -0.2) is 23.9 Å². The van der Waals surface area contributed by atoms with E-state index in [-0.39, 0.29) is 6.10 Å². The monoisotopic (exact) mass is 158 g/mol. The van der Waals surface area contributed by atoms with Gasteiger partial charge in [0, 0.05) is 6.61 Å². The molecule has 1 heterocycles. The summed E-state index contributed by atoms with van der Waals surface area (Å²) in [5, 5.41) is 9.43. The second kappa shape index (κ2) is 4.73. The van der Waals surface area contributed by atoms with Crippen molar-refractivity contribution in [3.05, 3.63) is 0 Å². The first-order valence-electron chi connectivity index (χ1n) is 4.62. The molecule has 0 aromatic carbocycles. The van der Waals surface area contributed by atoms with E-state index in [2.05, 4.69) is 6.92 Å². The average molecular weight is 158 g/mol. The molecule has 0 aromatic rings. The Morgan fingerprint density at radius 1 is 1.64 bits per heavy atom. The lowest BCUT2D eigenvalue weighted by Crippen LogP contribution is -2.16. The van der Waals surface area contributed by atoms with Gasteiger partial charge in [-0.25, -0.2) is 0 Å². The van der Waals surface area contributed by atoms with Gasteiger partial charge in [-0.2, -0.15) is 0 Å². The minimum Gasteiger partial charge on any atom is -0.393 e. The van der Waals surface area contributed by atoms with Crippen LogP contribution in [0.5, 0.6) is 0 Å². The van der Waals surface area contributed by atoms with Gasteiger partial charge in [0.25, 0.3) is 0 Å². The zero-order chi connectivity index (χ0) is 8.10. The van der Waals surface area contributed by atoms with Crippen LogP contribution in [0.4, 0.5) is 0 Å². The molecule has 11 heavy (non-hydrogen) atoms. The van der Waals surface area contributed by atoms with Gasteiger partial charge in [0.05, 0.1) is 12.2 Å². The van der Waals surface area contributed by atoms with E-state index in [1.165, 1.54) is 6.42 Å². The third-order valence-electron chi connectivity index (χ3n) is 2.18. The Labute approximate surface area is 68.6 Å². The van der Waals surface area contributed by atoms with E-state index in [1.54, 1.807) is 0 Å². The summed E-state index contributed by atoms with van der Waals surface area (Å²) in [4.78, 5) is 0. The Kier molecular flexibility index (Phi) is 3.87. The lowest BCUT2D eigenvalue weighted by molar-refractivity contribution is 0.0504. The van der Waals surface area contributed by atoms with Gasteiger partial charge < -0.3 is 9.84 Å². The van der Waals surface area contributed by atoms with Crippen LogP contribution in [0.3, 0.4) is 0 Å². The second-order valence-corrected chi connectivity index (χ2v) is 3.31.